The van der Waals surface area contributed by atoms with Crippen molar-refractivity contribution in [3.8, 4) is 22.8 Å². The number of aromatic nitrogens is 2. The molecule has 0 saturated carbocycles. The van der Waals surface area contributed by atoms with E-state index in [1.54, 1.807) is 12.1 Å². The molecule has 140 valence electrons. The molecule has 0 bridgehead atoms. The smallest absolute Gasteiger partial charge is 0.220 e. The highest BCUT2D eigenvalue weighted by Gasteiger charge is 2.20. The van der Waals surface area contributed by atoms with E-state index in [2.05, 4.69) is 15.3 Å². The summed E-state index contributed by atoms with van der Waals surface area (Å²) >= 11 is 0. The molecule has 2 heterocycles. The van der Waals surface area contributed by atoms with Gasteiger partial charge in [0.15, 0.2) is 0 Å². The number of nitrogens with two attached hydrogens (primary N) is 1. The van der Waals surface area contributed by atoms with Crippen LogP contribution in [0.3, 0.4) is 0 Å². The van der Waals surface area contributed by atoms with Gasteiger partial charge in [0.1, 0.15) is 18.1 Å². The molecule has 0 radical (unpaired) electrons. The number of phenols is 1. The molecule has 1 aromatic carbocycles. The molecule has 1 atom stereocenters. The fraction of sp³-hybridized carbons (Fsp3) is 0.474. The molecule has 1 saturated heterocycles. The number of aromatic hydroxyl groups is 1. The van der Waals surface area contributed by atoms with Crippen molar-refractivity contribution in [3.05, 3.63) is 30.0 Å². The summed E-state index contributed by atoms with van der Waals surface area (Å²) in [6, 6.07) is 7.15. The number of ether oxygens (including phenoxy) is 1. The quantitative estimate of drug-likeness (QED) is 0.726. The molecular formula is C19H27N5O2. The van der Waals surface area contributed by atoms with E-state index >= 15 is 0 Å². The van der Waals surface area contributed by atoms with Crippen molar-refractivity contribution >= 4 is 5.95 Å². The topological polar surface area (TPSA) is 96.5 Å². The average Bonchev–Trinajstić information content (AvgIpc) is 2.62. The third-order valence-corrected chi connectivity index (χ3v) is 4.53. The molecule has 7 heteroatoms. The van der Waals surface area contributed by atoms with Crippen molar-refractivity contribution in [2.45, 2.75) is 18.8 Å². The Morgan fingerprint density at radius 1 is 1.35 bits per heavy atom. The van der Waals surface area contributed by atoms with Crippen LogP contribution in [0.1, 0.15) is 24.5 Å². The first-order valence-electron chi connectivity index (χ1n) is 8.99. The van der Waals surface area contributed by atoms with Gasteiger partial charge in [0.2, 0.25) is 5.95 Å². The molecular weight excluding hydrogens is 330 g/mol. The van der Waals surface area contributed by atoms with Crippen LogP contribution in [0.15, 0.2) is 24.3 Å². The maximum Gasteiger partial charge on any atom is 0.220 e. The van der Waals surface area contributed by atoms with Gasteiger partial charge in [-0.1, -0.05) is 6.07 Å². The largest absolute Gasteiger partial charge is 0.507 e. The molecule has 26 heavy (non-hydrogen) atoms. The lowest BCUT2D eigenvalue weighted by Crippen LogP contribution is -2.29. The number of nitrogens with zero attached hydrogens (tertiary/aromatic N) is 3. The Morgan fingerprint density at radius 3 is 2.92 bits per heavy atom. The van der Waals surface area contributed by atoms with Crippen molar-refractivity contribution < 1.29 is 9.84 Å². The lowest BCUT2D eigenvalue weighted by Gasteiger charge is -2.23. The number of rotatable bonds is 6. The fourth-order valence-corrected chi connectivity index (χ4v) is 3.16. The van der Waals surface area contributed by atoms with Crippen LogP contribution in [-0.4, -0.2) is 60.3 Å². The summed E-state index contributed by atoms with van der Waals surface area (Å²) < 4.78 is 5.89. The highest BCUT2D eigenvalue weighted by Crippen LogP contribution is 2.38. The Labute approximate surface area is 154 Å². The highest BCUT2D eigenvalue weighted by atomic mass is 16.5. The van der Waals surface area contributed by atoms with Gasteiger partial charge in [-0.3, -0.25) is 0 Å². The zero-order valence-corrected chi connectivity index (χ0v) is 15.4. The van der Waals surface area contributed by atoms with Gasteiger partial charge in [-0.15, -0.1) is 0 Å². The second-order valence-corrected chi connectivity index (χ2v) is 6.88. The Kier molecular flexibility index (Phi) is 5.90. The number of benzene rings is 1. The van der Waals surface area contributed by atoms with Crippen LogP contribution in [0.2, 0.25) is 0 Å². The third-order valence-electron chi connectivity index (χ3n) is 4.53. The first kappa shape index (κ1) is 18.4. The third kappa shape index (κ3) is 4.42. The number of nitrogens with one attached hydrogen (secondary N) is 1. The molecule has 0 spiro atoms. The van der Waals surface area contributed by atoms with Crippen LogP contribution in [0.5, 0.6) is 11.5 Å². The molecule has 3 rings (SSSR count). The molecule has 0 aliphatic carbocycles. The van der Waals surface area contributed by atoms with Crippen molar-refractivity contribution in [1.29, 1.82) is 0 Å². The molecule has 4 N–H and O–H groups in total. The summed E-state index contributed by atoms with van der Waals surface area (Å²) in [6.45, 7) is 3.21. The average molecular weight is 357 g/mol. The minimum Gasteiger partial charge on any atom is -0.507 e. The van der Waals surface area contributed by atoms with Crippen molar-refractivity contribution in [2.24, 2.45) is 0 Å². The molecule has 0 amide bonds. The zero-order valence-electron chi connectivity index (χ0n) is 15.4. The van der Waals surface area contributed by atoms with E-state index in [1.807, 2.05) is 31.1 Å². The van der Waals surface area contributed by atoms with E-state index in [1.165, 1.54) is 0 Å². The molecule has 1 unspecified atom stereocenters. The lowest BCUT2D eigenvalue weighted by molar-refractivity contribution is 0.261. The number of hydrogen-bond donors (Lipinski definition) is 3. The van der Waals surface area contributed by atoms with E-state index in [9.17, 15) is 5.11 Å². The van der Waals surface area contributed by atoms with Crippen LogP contribution >= 0.6 is 0 Å². The Morgan fingerprint density at radius 2 is 2.19 bits per heavy atom. The molecule has 1 fully saturated rings. The number of anilines is 1. The van der Waals surface area contributed by atoms with Crippen LogP contribution in [-0.2, 0) is 0 Å². The standard InChI is InChI=1S/C19H27N5O2/c1-24(2)9-10-26-17-7-3-6-16(25)18(17)15-11-14(22-19(20)23-15)13-5-4-8-21-12-13/h3,6-7,11,13,21,25H,4-5,8-10,12H2,1-2H3,(H2,20,22,23). The summed E-state index contributed by atoms with van der Waals surface area (Å²) in [5, 5.41) is 13.8. The van der Waals surface area contributed by atoms with Gasteiger partial charge in [-0.2, -0.15) is 0 Å². The zero-order chi connectivity index (χ0) is 18.5. The van der Waals surface area contributed by atoms with Crippen molar-refractivity contribution in [2.75, 3.05) is 46.1 Å². The van der Waals surface area contributed by atoms with Gasteiger partial charge >= 0.3 is 0 Å². The second kappa shape index (κ2) is 8.33. The maximum absolute atomic E-state index is 10.4. The number of phenolic OH excluding ortho intramolecular Hbond substituents is 1. The first-order valence-corrected chi connectivity index (χ1v) is 8.99. The van der Waals surface area contributed by atoms with E-state index < -0.39 is 0 Å². The lowest BCUT2D eigenvalue weighted by atomic mass is 9.95. The van der Waals surface area contributed by atoms with E-state index in [0.717, 1.165) is 38.2 Å². The summed E-state index contributed by atoms with van der Waals surface area (Å²) in [5.74, 6) is 1.23. The number of hydrogen-bond acceptors (Lipinski definition) is 7. The predicted octanol–water partition coefficient (Wildman–Crippen LogP) is 1.84. The molecule has 7 nitrogen and oxygen atoms in total. The van der Waals surface area contributed by atoms with Gasteiger partial charge in [0, 0.05) is 19.0 Å². The van der Waals surface area contributed by atoms with E-state index in [-0.39, 0.29) is 11.7 Å². The Bertz CT molecular complexity index is 745. The van der Waals surface area contributed by atoms with Crippen molar-refractivity contribution in [1.82, 2.24) is 20.2 Å². The maximum atomic E-state index is 10.4. The van der Waals surface area contributed by atoms with Gasteiger partial charge in [0.25, 0.3) is 0 Å². The van der Waals surface area contributed by atoms with Gasteiger partial charge in [-0.05, 0) is 51.7 Å². The minimum absolute atomic E-state index is 0.123. The number of nitrogen functional groups attached to an aromatic ring is 1. The summed E-state index contributed by atoms with van der Waals surface area (Å²) in [6.07, 6.45) is 2.18. The highest BCUT2D eigenvalue weighted by molar-refractivity contribution is 5.74. The Balaban J connectivity index is 1.93. The molecule has 2 aromatic rings. The van der Waals surface area contributed by atoms with Gasteiger partial charge < -0.3 is 25.8 Å². The molecule has 1 aliphatic rings. The second-order valence-electron chi connectivity index (χ2n) is 6.88. The predicted molar refractivity (Wildman–Crippen MR) is 102 cm³/mol. The van der Waals surface area contributed by atoms with Crippen LogP contribution < -0.4 is 15.8 Å². The monoisotopic (exact) mass is 357 g/mol. The van der Waals surface area contributed by atoms with Gasteiger partial charge in [-0.25, -0.2) is 9.97 Å². The summed E-state index contributed by atoms with van der Waals surface area (Å²) in [7, 11) is 3.98. The Hall–Kier alpha value is -2.38. The van der Waals surface area contributed by atoms with Crippen LogP contribution in [0.4, 0.5) is 5.95 Å². The molecule has 1 aromatic heterocycles. The van der Waals surface area contributed by atoms with Crippen LogP contribution in [0, 0.1) is 0 Å². The van der Waals surface area contributed by atoms with E-state index in [4.69, 9.17) is 10.5 Å². The minimum atomic E-state index is 0.123. The summed E-state index contributed by atoms with van der Waals surface area (Å²) in [5.41, 5.74) is 8.03. The SMILES string of the molecule is CN(C)CCOc1cccc(O)c1-c1cc(C2CCCNC2)nc(N)n1. The number of piperidine rings is 1. The van der Waals surface area contributed by atoms with Crippen molar-refractivity contribution in [3.63, 3.8) is 0 Å². The normalized spacial score (nSPS) is 17.4. The van der Waals surface area contributed by atoms with Gasteiger partial charge in [0.05, 0.1) is 17.0 Å². The number of likely N-dealkylation sites (N-methyl/N-ethyl adjacent to an activating group) is 1. The van der Waals surface area contributed by atoms with E-state index in [0.29, 0.717) is 29.5 Å². The molecule has 1 aliphatic heterocycles. The fourth-order valence-electron chi connectivity index (χ4n) is 3.16. The van der Waals surface area contributed by atoms with Crippen LogP contribution in [0.25, 0.3) is 11.3 Å². The first-order chi connectivity index (χ1) is 12.5. The summed E-state index contributed by atoms with van der Waals surface area (Å²) in [4.78, 5) is 10.8.